The van der Waals surface area contributed by atoms with E-state index >= 15 is 0 Å². The molecule has 0 aromatic rings. The molecule has 0 saturated carbocycles. The molecule has 0 aromatic carbocycles. The first kappa shape index (κ1) is 22.4. The average Bonchev–Trinajstić information content (AvgIpc) is 1.70. The van der Waals surface area contributed by atoms with Crippen molar-refractivity contribution in [2.75, 3.05) is 0 Å². The largest absolute Gasteiger partial charge is 2.00 e. The fourth-order valence-electron chi connectivity index (χ4n) is 0. The molecule has 0 saturated heterocycles. The molecule has 0 heterocycles. The summed E-state index contributed by atoms with van der Waals surface area (Å²) in [6.07, 6.45) is 0. The topological polar surface area (TPSA) is 68.4 Å². The van der Waals surface area contributed by atoms with Crippen LogP contribution in [0.15, 0.2) is 0 Å². The molecule has 0 aliphatic heterocycles. The van der Waals surface area contributed by atoms with Crippen molar-refractivity contribution >= 4 is 47.4 Å². The van der Waals surface area contributed by atoms with E-state index in [1.165, 1.54) is 15.7 Å². The number of thiocarbonyl (C=S) groups is 2. The van der Waals surface area contributed by atoms with Crippen LogP contribution >= 0.6 is 37.1 Å². The van der Waals surface area contributed by atoms with Crippen molar-refractivity contribution in [1.29, 1.82) is 5.26 Å². The molecule has 0 aliphatic carbocycles. The second kappa shape index (κ2) is 57.9. The molecule has 0 unspecified atom stereocenters. The molecule has 0 atom stereocenters. The van der Waals surface area contributed by atoms with Gasteiger partial charge in [-0.2, -0.15) is 15.6 Å². The number of thiocyanates is 1. The Morgan fingerprint density at radius 1 is 1.20 bits per heavy atom. The Morgan fingerprint density at radius 3 is 1.20 bits per heavy atom. The first-order valence-corrected chi connectivity index (χ1v) is 2.57. The monoisotopic (exact) mass is 289 g/mol. The third-order valence-electron chi connectivity index (χ3n) is 0. The Bertz CT molecular complexity index is 128. The van der Waals surface area contributed by atoms with E-state index in [1.807, 2.05) is 0 Å². The number of hydrogen-bond acceptors (Lipinski definition) is 4. The maximum atomic E-state index is 7.18. The second-order valence-corrected chi connectivity index (χ2v) is 0.848. The molecule has 0 aliphatic rings. The zero-order valence-electron chi connectivity index (χ0n) is 4.81. The Labute approximate surface area is 95.4 Å². The molecule has 0 fully saturated rings. The Balaban J connectivity index is -0.0000000257. The van der Waals surface area contributed by atoms with E-state index in [2.05, 4.69) is 37.1 Å². The quantitative estimate of drug-likeness (QED) is 0.242. The van der Waals surface area contributed by atoms with Crippen molar-refractivity contribution in [2.24, 2.45) is 0 Å². The summed E-state index contributed by atoms with van der Waals surface area (Å²) < 4.78 is 0. The summed E-state index contributed by atoms with van der Waals surface area (Å²) >= 11 is 10.5. The number of isothiocyanates is 2. The number of nitriles is 1. The molecule has 10 heavy (non-hydrogen) atoms. The minimum Gasteiger partial charge on any atom is -0.753 e. The molecule has 3 nitrogen and oxygen atoms in total. The molecule has 48 valence electrons. The van der Waals surface area contributed by atoms with Gasteiger partial charge in [-0.15, -0.1) is 0 Å². The summed E-state index contributed by atoms with van der Waals surface area (Å²) in [6.45, 7) is 0. The van der Waals surface area contributed by atoms with Crippen LogP contribution in [0.1, 0.15) is 0 Å². The van der Waals surface area contributed by atoms with Crippen molar-refractivity contribution in [2.45, 2.75) is 0 Å². The molecule has 0 aromatic heterocycles. The van der Waals surface area contributed by atoms with E-state index in [4.69, 9.17) is 16.1 Å². The predicted octanol–water partition coefficient (Wildman–Crippen LogP) is 1.71. The number of thiol groups is 1. The Kier molecular flexibility index (Phi) is 130. The third kappa shape index (κ3) is 3460. The van der Waals surface area contributed by atoms with Crippen molar-refractivity contribution in [1.82, 2.24) is 0 Å². The minimum atomic E-state index is 0. The van der Waals surface area contributed by atoms with Crippen LogP contribution in [0.4, 0.5) is 0 Å². The van der Waals surface area contributed by atoms with E-state index in [9.17, 15) is 0 Å². The smallest absolute Gasteiger partial charge is 0.753 e. The summed E-state index contributed by atoms with van der Waals surface area (Å²) in [7, 11) is 0. The van der Waals surface area contributed by atoms with Crippen molar-refractivity contribution in [3.63, 3.8) is 0 Å². The summed E-state index contributed by atoms with van der Waals surface area (Å²) in [5.74, 6) is 0. The molecule has 0 rings (SSSR count). The number of hydrogen-bond donors (Lipinski definition) is 1. The summed E-state index contributed by atoms with van der Waals surface area (Å²) in [6, 6.07) is 0. The number of rotatable bonds is 0. The maximum Gasteiger partial charge on any atom is 2.00 e. The van der Waals surface area contributed by atoms with Gasteiger partial charge in [0.1, 0.15) is 5.40 Å². The van der Waals surface area contributed by atoms with Gasteiger partial charge in [0.05, 0.1) is 0 Å². The molecule has 0 amide bonds. The van der Waals surface area contributed by atoms with Crippen molar-refractivity contribution in [3.8, 4) is 5.40 Å². The van der Waals surface area contributed by atoms with Crippen molar-refractivity contribution < 1.29 is 27.3 Å². The predicted molar refractivity (Wildman–Crippen MR) is 46.5 cm³/mol. The maximum absolute atomic E-state index is 7.18. The van der Waals surface area contributed by atoms with E-state index in [1.54, 1.807) is 0 Å². The van der Waals surface area contributed by atoms with Crippen LogP contribution < -0.4 is 0 Å². The second-order valence-electron chi connectivity index (χ2n) is 0.283. The first-order valence-electron chi connectivity index (χ1n) is 1.30. The van der Waals surface area contributed by atoms with Gasteiger partial charge in [-0.05, 0) is 0 Å². The minimum absolute atomic E-state index is 0. The van der Waals surface area contributed by atoms with Gasteiger partial charge in [0.15, 0.2) is 0 Å². The molecule has 0 N–H and O–H groups in total. The molecule has 7 heteroatoms. The first-order chi connectivity index (χ1) is 4.24. The molecular weight excluding hydrogens is 287 g/mol. The van der Waals surface area contributed by atoms with Crippen LogP contribution in [0.3, 0.4) is 0 Å². The van der Waals surface area contributed by atoms with E-state index in [0.29, 0.717) is 0 Å². The van der Waals surface area contributed by atoms with Crippen LogP contribution in [0.2, 0.25) is 0 Å². The third-order valence-corrected chi connectivity index (χ3v) is 0. The zero-order valence-corrected chi connectivity index (χ0v) is 11.4. The SMILES string of the molecule is N#CS.[Cd+2].[N-]=C=S.[N-]=C=S. The Hall–Kier alpha value is 0.362. The summed E-state index contributed by atoms with van der Waals surface area (Å²) in [5, 5.41) is 25.6. The van der Waals surface area contributed by atoms with E-state index in [0.717, 1.165) is 0 Å². The fourth-order valence-corrected chi connectivity index (χ4v) is 0. The van der Waals surface area contributed by atoms with Gasteiger partial charge in [-0.1, -0.05) is 37.1 Å². The van der Waals surface area contributed by atoms with Crippen LogP contribution in [-0.2, 0) is 27.3 Å². The molecule has 0 bridgehead atoms. The van der Waals surface area contributed by atoms with Gasteiger partial charge < -0.3 is 10.8 Å². The normalized spacial score (nSPS) is 2.40. The van der Waals surface area contributed by atoms with Crippen LogP contribution in [0.5, 0.6) is 0 Å². The fraction of sp³-hybridized carbons (Fsp3) is 0. The van der Waals surface area contributed by atoms with Gasteiger partial charge in [0, 0.05) is 0 Å². The standard InChI is InChI=1S/CHNS.2CNS.Cd/c3*2-1-3;/h3H;;;/q;2*-1;+2. The molecular formula is C3HCdN3S3. The van der Waals surface area contributed by atoms with Gasteiger partial charge in [-0.3, -0.25) is 0 Å². The van der Waals surface area contributed by atoms with Crippen LogP contribution in [0.25, 0.3) is 10.8 Å². The molecule has 0 radical (unpaired) electrons. The van der Waals surface area contributed by atoms with Crippen molar-refractivity contribution in [3.05, 3.63) is 10.8 Å². The van der Waals surface area contributed by atoms with Gasteiger partial charge in [0.2, 0.25) is 0 Å². The molecule has 0 spiro atoms. The number of nitrogens with zero attached hydrogens (tertiary/aromatic N) is 3. The van der Waals surface area contributed by atoms with Gasteiger partial charge >= 0.3 is 27.3 Å². The Morgan fingerprint density at radius 2 is 1.20 bits per heavy atom. The van der Waals surface area contributed by atoms with Gasteiger partial charge in [0.25, 0.3) is 0 Å². The van der Waals surface area contributed by atoms with Crippen LogP contribution in [-0.4, -0.2) is 10.3 Å². The van der Waals surface area contributed by atoms with E-state index in [-0.39, 0.29) is 27.3 Å². The average molecular weight is 288 g/mol. The van der Waals surface area contributed by atoms with Crippen LogP contribution in [0, 0.1) is 10.7 Å². The summed E-state index contributed by atoms with van der Waals surface area (Å²) in [4.78, 5) is 0. The van der Waals surface area contributed by atoms with Gasteiger partial charge in [-0.25, -0.2) is 0 Å². The zero-order chi connectivity index (χ0) is 8.12. The summed E-state index contributed by atoms with van der Waals surface area (Å²) in [5.41, 5.74) is 0. The van der Waals surface area contributed by atoms with E-state index < -0.39 is 0 Å².